The van der Waals surface area contributed by atoms with Crippen molar-refractivity contribution in [3.8, 4) is 6.07 Å². The van der Waals surface area contributed by atoms with Crippen LogP contribution in [0.25, 0.3) is 0 Å². The van der Waals surface area contributed by atoms with Crippen molar-refractivity contribution in [2.24, 2.45) is 0 Å². The van der Waals surface area contributed by atoms with Crippen LogP contribution in [0.15, 0.2) is 46.9 Å². The monoisotopic (exact) mass is 338 g/mol. The lowest BCUT2D eigenvalue weighted by Crippen LogP contribution is -2.10. The molecule has 0 saturated heterocycles. The Morgan fingerprint density at radius 1 is 1.21 bits per heavy atom. The van der Waals surface area contributed by atoms with E-state index in [2.05, 4.69) is 21.2 Å². The fourth-order valence-electron chi connectivity index (χ4n) is 1.63. The van der Waals surface area contributed by atoms with Gasteiger partial charge >= 0.3 is 0 Å². The summed E-state index contributed by atoms with van der Waals surface area (Å²) in [5.74, 6) is -0.497. The number of rotatable bonds is 3. The van der Waals surface area contributed by atoms with E-state index >= 15 is 0 Å². The van der Waals surface area contributed by atoms with Gasteiger partial charge in [-0.25, -0.2) is 4.39 Å². The molecular weight excluding hydrogens is 331 g/mol. The lowest BCUT2D eigenvalue weighted by atomic mass is 10.1. The van der Waals surface area contributed by atoms with E-state index in [0.29, 0.717) is 5.02 Å². The number of nitrogens with one attached hydrogen (secondary N) is 1. The van der Waals surface area contributed by atoms with E-state index in [1.807, 2.05) is 30.3 Å². The summed E-state index contributed by atoms with van der Waals surface area (Å²) >= 11 is 9.02. The van der Waals surface area contributed by atoms with Gasteiger partial charge in [-0.05, 0) is 36.4 Å². The van der Waals surface area contributed by atoms with Gasteiger partial charge < -0.3 is 5.32 Å². The highest BCUT2D eigenvalue weighted by Crippen LogP contribution is 2.24. The van der Waals surface area contributed by atoms with Crippen molar-refractivity contribution >= 4 is 33.2 Å². The Balaban J connectivity index is 2.25. The summed E-state index contributed by atoms with van der Waals surface area (Å²) in [7, 11) is 0. The number of halogens is 3. The Morgan fingerprint density at radius 2 is 1.89 bits per heavy atom. The van der Waals surface area contributed by atoms with Crippen LogP contribution >= 0.6 is 27.5 Å². The number of hydrogen-bond acceptors (Lipinski definition) is 2. The van der Waals surface area contributed by atoms with Crippen LogP contribution in [0, 0.1) is 17.1 Å². The van der Waals surface area contributed by atoms with Crippen LogP contribution < -0.4 is 5.32 Å². The summed E-state index contributed by atoms with van der Waals surface area (Å²) in [5, 5.41) is 12.4. The zero-order valence-corrected chi connectivity index (χ0v) is 12.0. The van der Waals surface area contributed by atoms with Crippen molar-refractivity contribution in [1.82, 2.24) is 0 Å². The Hall–Kier alpha value is -1.57. The summed E-state index contributed by atoms with van der Waals surface area (Å²) in [5.41, 5.74) is 1.01. The molecule has 2 rings (SSSR count). The normalized spacial score (nSPS) is 11.7. The van der Waals surface area contributed by atoms with Crippen molar-refractivity contribution in [3.63, 3.8) is 0 Å². The van der Waals surface area contributed by atoms with Gasteiger partial charge in [0.15, 0.2) is 0 Å². The molecule has 0 spiro atoms. The van der Waals surface area contributed by atoms with Crippen LogP contribution in [0.4, 0.5) is 10.1 Å². The molecule has 0 saturated carbocycles. The van der Waals surface area contributed by atoms with Crippen molar-refractivity contribution < 1.29 is 4.39 Å². The highest BCUT2D eigenvalue weighted by Gasteiger charge is 2.15. The molecule has 1 unspecified atom stereocenters. The molecule has 2 nitrogen and oxygen atoms in total. The van der Waals surface area contributed by atoms with Gasteiger partial charge in [0.25, 0.3) is 0 Å². The first-order chi connectivity index (χ1) is 9.10. The molecule has 0 bridgehead atoms. The molecule has 2 aromatic rings. The Labute approximate surface area is 123 Å². The van der Waals surface area contributed by atoms with Gasteiger partial charge in [-0.1, -0.05) is 33.6 Å². The first kappa shape index (κ1) is 13.9. The van der Waals surface area contributed by atoms with Gasteiger partial charge in [0.2, 0.25) is 0 Å². The van der Waals surface area contributed by atoms with E-state index in [0.717, 1.165) is 10.2 Å². The molecule has 19 heavy (non-hydrogen) atoms. The van der Waals surface area contributed by atoms with Crippen LogP contribution in [0.1, 0.15) is 11.6 Å². The van der Waals surface area contributed by atoms with Crippen LogP contribution in [0.5, 0.6) is 0 Å². The van der Waals surface area contributed by atoms with Crippen LogP contribution in [0.2, 0.25) is 5.02 Å². The largest absolute Gasteiger partial charge is 0.366 e. The predicted molar refractivity (Wildman–Crippen MR) is 77.5 cm³/mol. The summed E-state index contributed by atoms with van der Waals surface area (Å²) in [6, 6.07) is 12.8. The van der Waals surface area contributed by atoms with E-state index in [4.69, 9.17) is 16.9 Å². The van der Waals surface area contributed by atoms with Crippen molar-refractivity contribution in [1.29, 1.82) is 5.26 Å². The van der Waals surface area contributed by atoms with Gasteiger partial charge in [0, 0.05) is 20.7 Å². The molecule has 0 fully saturated rings. The molecule has 0 radical (unpaired) electrons. The summed E-state index contributed by atoms with van der Waals surface area (Å²) < 4.78 is 14.7. The Kier molecular flexibility index (Phi) is 4.41. The quantitative estimate of drug-likeness (QED) is 0.861. The van der Waals surface area contributed by atoms with Gasteiger partial charge in [0.1, 0.15) is 11.9 Å². The Morgan fingerprint density at radius 3 is 2.47 bits per heavy atom. The topological polar surface area (TPSA) is 35.8 Å². The minimum Gasteiger partial charge on any atom is -0.366 e. The van der Waals surface area contributed by atoms with Gasteiger partial charge in [-0.15, -0.1) is 0 Å². The molecule has 2 aromatic carbocycles. The smallest absolute Gasteiger partial charge is 0.143 e. The highest BCUT2D eigenvalue weighted by molar-refractivity contribution is 9.10. The fraction of sp³-hybridized carbons (Fsp3) is 0.0714. The lowest BCUT2D eigenvalue weighted by molar-refractivity contribution is 0.607. The summed E-state index contributed by atoms with van der Waals surface area (Å²) in [4.78, 5) is 0. The second-order valence-corrected chi connectivity index (χ2v) is 5.23. The molecule has 0 amide bonds. The molecule has 5 heteroatoms. The minimum absolute atomic E-state index is 0.273. The number of benzene rings is 2. The number of anilines is 1. The highest BCUT2D eigenvalue weighted by atomic mass is 79.9. The SMILES string of the molecule is N#CC(Nc1ccc(Br)cc1)c1ccc(Cl)cc1F. The van der Waals surface area contributed by atoms with E-state index in [9.17, 15) is 4.39 Å². The number of hydrogen-bond donors (Lipinski definition) is 1. The first-order valence-electron chi connectivity index (χ1n) is 5.47. The van der Waals surface area contributed by atoms with Crippen molar-refractivity contribution in [2.45, 2.75) is 6.04 Å². The van der Waals surface area contributed by atoms with Gasteiger partial charge in [-0.3, -0.25) is 0 Å². The zero-order chi connectivity index (χ0) is 13.8. The summed E-state index contributed by atoms with van der Waals surface area (Å²) in [6.45, 7) is 0. The zero-order valence-electron chi connectivity index (χ0n) is 9.70. The minimum atomic E-state index is -0.765. The molecule has 0 aliphatic rings. The van der Waals surface area contributed by atoms with Gasteiger partial charge in [0.05, 0.1) is 6.07 Å². The van der Waals surface area contributed by atoms with E-state index in [-0.39, 0.29) is 5.56 Å². The van der Waals surface area contributed by atoms with Crippen molar-refractivity contribution in [2.75, 3.05) is 5.32 Å². The maximum atomic E-state index is 13.8. The molecule has 0 aliphatic carbocycles. The Bertz CT molecular complexity index is 622. The van der Waals surface area contributed by atoms with Crippen LogP contribution in [-0.4, -0.2) is 0 Å². The molecule has 0 aromatic heterocycles. The number of nitrogens with zero attached hydrogens (tertiary/aromatic N) is 1. The molecular formula is C14H9BrClFN2. The van der Waals surface area contributed by atoms with Crippen LogP contribution in [-0.2, 0) is 0 Å². The third-order valence-corrected chi connectivity index (χ3v) is 3.32. The molecule has 1 atom stereocenters. The standard InChI is InChI=1S/C14H9BrClFN2/c15-9-1-4-11(5-2-9)19-14(8-18)12-6-3-10(16)7-13(12)17/h1-7,14,19H. The van der Waals surface area contributed by atoms with E-state index in [1.165, 1.54) is 12.1 Å². The van der Waals surface area contributed by atoms with Crippen LogP contribution in [0.3, 0.4) is 0 Å². The molecule has 1 N–H and O–H groups in total. The lowest BCUT2D eigenvalue weighted by Gasteiger charge is -2.14. The van der Waals surface area contributed by atoms with E-state index in [1.54, 1.807) is 6.07 Å². The molecule has 0 heterocycles. The second-order valence-electron chi connectivity index (χ2n) is 3.88. The van der Waals surface area contributed by atoms with Crippen molar-refractivity contribution in [3.05, 3.63) is 63.3 Å². The maximum absolute atomic E-state index is 13.8. The molecule has 96 valence electrons. The second kappa shape index (κ2) is 6.05. The predicted octanol–water partition coefficient (Wildman–Crippen LogP) is 4.92. The summed E-state index contributed by atoms with van der Waals surface area (Å²) in [6.07, 6.45) is 0. The fourth-order valence-corrected chi connectivity index (χ4v) is 2.05. The molecule has 0 aliphatic heterocycles. The third kappa shape index (κ3) is 3.46. The number of nitriles is 1. The maximum Gasteiger partial charge on any atom is 0.143 e. The van der Waals surface area contributed by atoms with Gasteiger partial charge in [-0.2, -0.15) is 5.26 Å². The van der Waals surface area contributed by atoms with E-state index < -0.39 is 11.9 Å². The third-order valence-electron chi connectivity index (χ3n) is 2.56. The average molecular weight is 340 g/mol. The average Bonchev–Trinajstić information content (AvgIpc) is 2.39. The first-order valence-corrected chi connectivity index (χ1v) is 6.64.